The maximum atomic E-state index is 5.72. The quantitative estimate of drug-likeness (QED) is 0.803. The first kappa shape index (κ1) is 16.4. The minimum absolute atomic E-state index is 0. The molecule has 2 N–H and O–H groups in total. The molecule has 1 aromatic carbocycles. The van der Waals surface area contributed by atoms with Crippen LogP contribution in [0.25, 0.3) is 16.8 Å². The molecule has 0 amide bonds. The minimum atomic E-state index is 0. The van der Waals surface area contributed by atoms with E-state index in [4.69, 9.17) is 10.5 Å². The van der Waals surface area contributed by atoms with Gasteiger partial charge < -0.3 is 10.5 Å². The third kappa shape index (κ3) is 2.97. The first-order chi connectivity index (χ1) is 10.2. The summed E-state index contributed by atoms with van der Waals surface area (Å²) in [6.45, 7) is 3.18. The number of methoxy groups -OCH3 is 1. The lowest BCUT2D eigenvalue weighted by atomic mass is 10.0. The average Bonchev–Trinajstić information content (AvgIpc) is 2.90. The second kappa shape index (κ2) is 6.87. The highest BCUT2D eigenvalue weighted by Gasteiger charge is 2.10. The molecule has 0 spiro atoms. The number of benzene rings is 1. The van der Waals surface area contributed by atoms with Crippen molar-refractivity contribution in [1.82, 2.24) is 14.6 Å². The van der Waals surface area contributed by atoms with Crippen LogP contribution < -0.4 is 5.73 Å². The van der Waals surface area contributed by atoms with Gasteiger partial charge in [0.2, 0.25) is 0 Å². The van der Waals surface area contributed by atoms with Gasteiger partial charge in [0.15, 0.2) is 0 Å². The van der Waals surface area contributed by atoms with E-state index in [0.717, 1.165) is 27.9 Å². The van der Waals surface area contributed by atoms with Crippen LogP contribution >= 0.6 is 12.4 Å². The van der Waals surface area contributed by atoms with E-state index in [0.29, 0.717) is 13.2 Å². The summed E-state index contributed by atoms with van der Waals surface area (Å²) in [5, 5.41) is 4.26. The molecule has 0 atom stereocenters. The Morgan fingerprint density at radius 2 is 2.09 bits per heavy atom. The number of nitrogens with zero attached hydrogens (tertiary/aromatic N) is 3. The van der Waals surface area contributed by atoms with Gasteiger partial charge in [-0.2, -0.15) is 5.10 Å². The topological polar surface area (TPSA) is 65.4 Å². The van der Waals surface area contributed by atoms with Crippen molar-refractivity contribution in [2.75, 3.05) is 7.11 Å². The number of rotatable bonds is 4. The van der Waals surface area contributed by atoms with Crippen molar-refractivity contribution in [2.24, 2.45) is 5.73 Å². The van der Waals surface area contributed by atoms with E-state index in [1.807, 2.05) is 10.7 Å². The second-order valence-corrected chi connectivity index (χ2v) is 5.07. The van der Waals surface area contributed by atoms with Crippen LogP contribution in [-0.2, 0) is 17.9 Å². The number of aromatic nitrogens is 3. The zero-order valence-corrected chi connectivity index (χ0v) is 13.4. The van der Waals surface area contributed by atoms with Crippen molar-refractivity contribution < 1.29 is 4.74 Å². The Hall–Kier alpha value is -1.95. The number of halogens is 1. The molecule has 3 aromatic rings. The van der Waals surface area contributed by atoms with E-state index in [1.54, 1.807) is 13.4 Å². The fraction of sp³-hybridized carbons (Fsp3) is 0.250. The smallest absolute Gasteiger partial charge is 0.137 e. The van der Waals surface area contributed by atoms with Gasteiger partial charge in [-0.15, -0.1) is 12.4 Å². The van der Waals surface area contributed by atoms with Gasteiger partial charge in [-0.1, -0.05) is 12.1 Å². The molecular weight excluding hydrogens is 300 g/mol. The molecule has 116 valence electrons. The van der Waals surface area contributed by atoms with Crippen molar-refractivity contribution >= 4 is 17.9 Å². The van der Waals surface area contributed by atoms with E-state index in [9.17, 15) is 0 Å². The van der Waals surface area contributed by atoms with E-state index in [2.05, 4.69) is 41.3 Å². The molecule has 0 fully saturated rings. The largest absolute Gasteiger partial charge is 0.380 e. The van der Waals surface area contributed by atoms with Crippen molar-refractivity contribution in [1.29, 1.82) is 0 Å². The summed E-state index contributed by atoms with van der Waals surface area (Å²) < 4.78 is 7.01. The van der Waals surface area contributed by atoms with Crippen LogP contribution in [-0.4, -0.2) is 21.7 Å². The summed E-state index contributed by atoms with van der Waals surface area (Å²) >= 11 is 0. The summed E-state index contributed by atoms with van der Waals surface area (Å²) in [6.07, 6.45) is 3.54. The summed E-state index contributed by atoms with van der Waals surface area (Å²) in [7, 11) is 1.68. The summed E-state index contributed by atoms with van der Waals surface area (Å²) in [5.74, 6) is 0. The lowest BCUT2D eigenvalue weighted by Crippen LogP contribution is -2.00. The number of ether oxygens (including phenoxy) is 1. The number of hydrogen-bond donors (Lipinski definition) is 1. The van der Waals surface area contributed by atoms with Gasteiger partial charge in [0.1, 0.15) is 6.33 Å². The van der Waals surface area contributed by atoms with Gasteiger partial charge in [-0.05, 0) is 35.7 Å². The van der Waals surface area contributed by atoms with Gasteiger partial charge in [0.05, 0.1) is 17.8 Å². The maximum Gasteiger partial charge on any atom is 0.137 e. The Morgan fingerprint density at radius 3 is 2.77 bits per heavy atom. The minimum Gasteiger partial charge on any atom is -0.380 e. The SMILES string of the molecule is COCc1cc2c(-c3ccc(CN)c(C)c3)ncnn2c1.Cl. The summed E-state index contributed by atoms with van der Waals surface area (Å²) in [6, 6.07) is 8.29. The highest BCUT2D eigenvalue weighted by Crippen LogP contribution is 2.25. The van der Waals surface area contributed by atoms with Crippen LogP contribution in [0.5, 0.6) is 0 Å². The molecule has 22 heavy (non-hydrogen) atoms. The Kier molecular flexibility index (Phi) is 5.13. The van der Waals surface area contributed by atoms with Crippen molar-refractivity contribution in [3.8, 4) is 11.3 Å². The molecule has 3 rings (SSSR count). The standard InChI is InChI=1S/C16H18N4O.ClH/c1-11-5-13(3-4-14(11)7-17)16-15-6-12(9-21-2)8-20(15)19-10-18-16;/h3-6,8,10H,7,9,17H2,1-2H3;1H. The monoisotopic (exact) mass is 318 g/mol. The second-order valence-electron chi connectivity index (χ2n) is 5.07. The zero-order valence-electron chi connectivity index (χ0n) is 12.6. The normalized spacial score (nSPS) is 10.7. The van der Waals surface area contributed by atoms with Crippen molar-refractivity contribution in [3.63, 3.8) is 0 Å². The molecular formula is C16H19ClN4O. The van der Waals surface area contributed by atoms with Gasteiger partial charge in [0, 0.05) is 25.4 Å². The molecule has 0 saturated carbocycles. The fourth-order valence-corrected chi connectivity index (χ4v) is 2.52. The van der Waals surface area contributed by atoms with Gasteiger partial charge >= 0.3 is 0 Å². The van der Waals surface area contributed by atoms with Crippen LogP contribution in [0.15, 0.2) is 36.8 Å². The highest BCUT2D eigenvalue weighted by atomic mass is 35.5. The molecule has 6 heteroatoms. The molecule has 0 bridgehead atoms. The van der Waals surface area contributed by atoms with E-state index < -0.39 is 0 Å². The Labute approximate surface area is 135 Å². The van der Waals surface area contributed by atoms with Crippen LogP contribution in [0.2, 0.25) is 0 Å². The lowest BCUT2D eigenvalue weighted by Gasteiger charge is -2.07. The van der Waals surface area contributed by atoms with Crippen LogP contribution in [0.3, 0.4) is 0 Å². The Morgan fingerprint density at radius 1 is 1.27 bits per heavy atom. The molecule has 0 aliphatic carbocycles. The number of hydrogen-bond acceptors (Lipinski definition) is 4. The van der Waals surface area contributed by atoms with E-state index in [-0.39, 0.29) is 12.4 Å². The third-order valence-electron chi connectivity index (χ3n) is 3.61. The molecule has 0 unspecified atom stereocenters. The van der Waals surface area contributed by atoms with E-state index >= 15 is 0 Å². The molecule has 0 aliphatic heterocycles. The highest BCUT2D eigenvalue weighted by molar-refractivity contribution is 5.85. The summed E-state index contributed by atoms with van der Waals surface area (Å²) in [4.78, 5) is 4.44. The predicted molar refractivity (Wildman–Crippen MR) is 89.0 cm³/mol. The summed E-state index contributed by atoms with van der Waals surface area (Å²) in [5.41, 5.74) is 12.1. The Balaban J connectivity index is 0.00000176. The lowest BCUT2D eigenvalue weighted by molar-refractivity contribution is 0.185. The first-order valence-electron chi connectivity index (χ1n) is 6.84. The molecule has 5 nitrogen and oxygen atoms in total. The number of fused-ring (bicyclic) bond motifs is 1. The van der Waals surface area contributed by atoms with Crippen LogP contribution in [0.4, 0.5) is 0 Å². The van der Waals surface area contributed by atoms with Crippen LogP contribution in [0, 0.1) is 6.92 Å². The molecule has 2 aromatic heterocycles. The predicted octanol–water partition coefficient (Wildman–Crippen LogP) is 2.73. The zero-order chi connectivity index (χ0) is 14.8. The van der Waals surface area contributed by atoms with Crippen molar-refractivity contribution in [2.45, 2.75) is 20.1 Å². The molecule has 0 aliphatic rings. The van der Waals surface area contributed by atoms with Crippen molar-refractivity contribution in [3.05, 3.63) is 53.5 Å². The molecule has 0 radical (unpaired) electrons. The van der Waals surface area contributed by atoms with Gasteiger partial charge in [-0.25, -0.2) is 9.50 Å². The number of nitrogens with two attached hydrogens (primary N) is 1. The first-order valence-corrected chi connectivity index (χ1v) is 6.84. The van der Waals surface area contributed by atoms with Crippen LogP contribution in [0.1, 0.15) is 16.7 Å². The third-order valence-corrected chi connectivity index (χ3v) is 3.61. The number of aryl methyl sites for hydroxylation is 1. The Bertz CT molecular complexity index is 785. The van der Waals surface area contributed by atoms with Gasteiger partial charge in [-0.3, -0.25) is 0 Å². The van der Waals surface area contributed by atoms with Gasteiger partial charge in [0.25, 0.3) is 0 Å². The molecule has 0 saturated heterocycles. The maximum absolute atomic E-state index is 5.72. The van der Waals surface area contributed by atoms with E-state index in [1.165, 1.54) is 5.56 Å². The average molecular weight is 319 g/mol. The molecule has 2 heterocycles. The fourth-order valence-electron chi connectivity index (χ4n) is 2.52.